The second-order valence-electron chi connectivity index (χ2n) is 10.6. The SMILES string of the molecule is CC(=O)O[C@@H]1CC[C@@]2(C)[C@@H](CC[C@H]3[C@H]2CC[C@@]2(C)[C@H]3CC[C@]2(O)C(C)=O)C1. The molecule has 152 valence electrons. The van der Waals surface area contributed by atoms with Gasteiger partial charge in [0.1, 0.15) is 11.7 Å². The minimum absolute atomic E-state index is 0.0345. The molecule has 0 saturated heterocycles. The van der Waals surface area contributed by atoms with Crippen LogP contribution in [0.4, 0.5) is 0 Å². The lowest BCUT2D eigenvalue weighted by atomic mass is 9.44. The predicted molar refractivity (Wildman–Crippen MR) is 103 cm³/mol. The van der Waals surface area contributed by atoms with Gasteiger partial charge in [-0.15, -0.1) is 0 Å². The van der Waals surface area contributed by atoms with E-state index in [1.54, 1.807) is 6.92 Å². The van der Waals surface area contributed by atoms with Gasteiger partial charge in [-0.2, -0.15) is 0 Å². The Hall–Kier alpha value is -0.900. The van der Waals surface area contributed by atoms with Crippen molar-refractivity contribution in [3.05, 3.63) is 0 Å². The molecule has 4 saturated carbocycles. The number of aliphatic hydroxyl groups is 1. The molecule has 4 aliphatic rings. The molecule has 0 amide bonds. The number of esters is 1. The van der Waals surface area contributed by atoms with E-state index in [1.165, 1.54) is 19.8 Å². The number of Topliss-reactive ketones (excluding diaryl/α,β-unsaturated/α-hetero) is 1. The van der Waals surface area contributed by atoms with Crippen molar-refractivity contribution in [3.63, 3.8) is 0 Å². The van der Waals surface area contributed by atoms with Crippen molar-refractivity contribution in [1.82, 2.24) is 0 Å². The fraction of sp³-hybridized carbons (Fsp3) is 0.913. The standard InChI is InChI=1S/C23H36O4/c1-14(24)23(26)12-9-20-18-6-5-16-13-17(27-15(2)25)7-10-21(16,3)19(18)8-11-22(20,23)4/h16-20,26H,5-13H2,1-4H3/t16-,17+,18-,19+,20-,21-,22-,23-/m0/s1. The van der Waals surface area contributed by atoms with E-state index in [2.05, 4.69) is 13.8 Å². The third-order valence-electron chi connectivity index (χ3n) is 9.68. The van der Waals surface area contributed by atoms with Gasteiger partial charge in [-0.25, -0.2) is 0 Å². The van der Waals surface area contributed by atoms with Gasteiger partial charge in [-0.1, -0.05) is 13.8 Å². The lowest BCUT2D eigenvalue weighted by Crippen LogP contribution is -2.58. The van der Waals surface area contributed by atoms with Crippen LogP contribution in [0.3, 0.4) is 0 Å². The smallest absolute Gasteiger partial charge is 0.302 e. The molecule has 8 atom stereocenters. The molecule has 4 fully saturated rings. The summed E-state index contributed by atoms with van der Waals surface area (Å²) in [4.78, 5) is 23.7. The summed E-state index contributed by atoms with van der Waals surface area (Å²) in [6.45, 7) is 7.76. The Morgan fingerprint density at radius 3 is 2.30 bits per heavy atom. The third kappa shape index (κ3) is 2.65. The maximum Gasteiger partial charge on any atom is 0.302 e. The van der Waals surface area contributed by atoms with Crippen molar-refractivity contribution in [3.8, 4) is 0 Å². The van der Waals surface area contributed by atoms with Crippen LogP contribution in [0, 0.1) is 34.5 Å². The Kier molecular flexibility index (Phi) is 4.53. The van der Waals surface area contributed by atoms with E-state index in [4.69, 9.17) is 4.74 Å². The summed E-state index contributed by atoms with van der Waals surface area (Å²) in [5.41, 5.74) is -1.05. The highest BCUT2D eigenvalue weighted by molar-refractivity contribution is 5.86. The van der Waals surface area contributed by atoms with Crippen molar-refractivity contribution < 1.29 is 19.4 Å². The normalized spacial score (nSPS) is 51.7. The highest BCUT2D eigenvalue weighted by Gasteiger charge is 2.66. The lowest BCUT2D eigenvalue weighted by molar-refractivity contribution is -0.175. The topological polar surface area (TPSA) is 63.6 Å². The fourth-order valence-electron chi connectivity index (χ4n) is 8.15. The quantitative estimate of drug-likeness (QED) is 0.731. The number of carbonyl (C=O) groups is 2. The van der Waals surface area contributed by atoms with Crippen LogP contribution in [-0.4, -0.2) is 28.6 Å². The maximum absolute atomic E-state index is 12.3. The zero-order valence-corrected chi connectivity index (χ0v) is 17.4. The first-order chi connectivity index (χ1) is 12.6. The number of carbonyl (C=O) groups excluding carboxylic acids is 2. The second-order valence-corrected chi connectivity index (χ2v) is 10.6. The number of ketones is 1. The highest BCUT2D eigenvalue weighted by Crippen LogP contribution is 2.68. The Labute approximate surface area is 163 Å². The van der Waals surface area contributed by atoms with Crippen molar-refractivity contribution in [1.29, 1.82) is 0 Å². The van der Waals surface area contributed by atoms with Gasteiger partial charge in [0.2, 0.25) is 0 Å². The summed E-state index contributed by atoms with van der Waals surface area (Å²) in [6, 6.07) is 0. The molecule has 1 N–H and O–H groups in total. The van der Waals surface area contributed by atoms with Crippen molar-refractivity contribution >= 4 is 11.8 Å². The first-order valence-electron chi connectivity index (χ1n) is 11.0. The van der Waals surface area contributed by atoms with Gasteiger partial charge >= 0.3 is 5.97 Å². The van der Waals surface area contributed by atoms with Crippen LogP contribution in [0.1, 0.15) is 85.5 Å². The molecular weight excluding hydrogens is 340 g/mol. The van der Waals surface area contributed by atoms with E-state index < -0.39 is 5.60 Å². The Morgan fingerprint density at radius 1 is 0.926 bits per heavy atom. The van der Waals surface area contributed by atoms with Crippen molar-refractivity contribution in [2.24, 2.45) is 34.5 Å². The summed E-state index contributed by atoms with van der Waals surface area (Å²) < 4.78 is 5.55. The monoisotopic (exact) mass is 376 g/mol. The van der Waals surface area contributed by atoms with Crippen LogP contribution in [0.15, 0.2) is 0 Å². The molecule has 0 aromatic heterocycles. The molecule has 4 heteroatoms. The van der Waals surface area contributed by atoms with Gasteiger partial charge in [-0.05, 0) is 93.8 Å². The zero-order chi connectivity index (χ0) is 19.6. The van der Waals surface area contributed by atoms with Crippen LogP contribution in [0.25, 0.3) is 0 Å². The molecule has 0 radical (unpaired) electrons. The number of hydrogen-bond acceptors (Lipinski definition) is 4. The van der Waals surface area contributed by atoms with Gasteiger partial charge in [0, 0.05) is 12.3 Å². The molecule has 0 aliphatic heterocycles. The van der Waals surface area contributed by atoms with E-state index in [0.717, 1.165) is 38.5 Å². The summed E-state index contributed by atoms with van der Waals surface area (Å²) in [6.07, 6.45) is 9.34. The number of ether oxygens (including phenoxy) is 1. The minimum atomic E-state index is -1.12. The molecule has 0 heterocycles. The van der Waals surface area contributed by atoms with Crippen molar-refractivity contribution in [2.75, 3.05) is 0 Å². The summed E-state index contributed by atoms with van der Waals surface area (Å²) in [5.74, 6) is 2.22. The first kappa shape index (κ1) is 19.4. The molecule has 4 rings (SSSR count). The third-order valence-corrected chi connectivity index (χ3v) is 9.68. The largest absolute Gasteiger partial charge is 0.463 e. The molecule has 27 heavy (non-hydrogen) atoms. The molecule has 4 nitrogen and oxygen atoms in total. The second kappa shape index (κ2) is 6.30. The number of fused-ring (bicyclic) bond motifs is 5. The molecule has 4 aliphatic carbocycles. The van der Waals surface area contributed by atoms with Crippen LogP contribution < -0.4 is 0 Å². The molecule has 0 bridgehead atoms. The molecular formula is C23H36O4. The average Bonchev–Trinajstić information content (AvgIpc) is 2.87. The number of hydrogen-bond donors (Lipinski definition) is 1. The van der Waals surface area contributed by atoms with Crippen LogP contribution in [0.5, 0.6) is 0 Å². The molecule has 0 unspecified atom stereocenters. The van der Waals surface area contributed by atoms with Gasteiger partial charge in [0.25, 0.3) is 0 Å². The summed E-state index contributed by atoms with van der Waals surface area (Å²) >= 11 is 0. The Balaban J connectivity index is 1.56. The Bertz CT molecular complexity index is 644. The zero-order valence-electron chi connectivity index (χ0n) is 17.4. The maximum atomic E-state index is 12.3. The van der Waals surface area contributed by atoms with Gasteiger partial charge in [0.15, 0.2) is 5.78 Å². The average molecular weight is 377 g/mol. The van der Waals surface area contributed by atoms with E-state index in [9.17, 15) is 14.7 Å². The van der Waals surface area contributed by atoms with Gasteiger partial charge in [0.05, 0.1) is 0 Å². The van der Waals surface area contributed by atoms with E-state index in [-0.39, 0.29) is 23.3 Å². The van der Waals surface area contributed by atoms with E-state index >= 15 is 0 Å². The lowest BCUT2D eigenvalue weighted by Gasteiger charge is -2.61. The predicted octanol–water partition coefficient (Wildman–Crippen LogP) is 4.28. The molecule has 0 aromatic carbocycles. The number of rotatable bonds is 2. The van der Waals surface area contributed by atoms with E-state index in [0.29, 0.717) is 35.5 Å². The van der Waals surface area contributed by atoms with Gasteiger partial charge in [-0.3, -0.25) is 9.59 Å². The summed E-state index contributed by atoms with van der Waals surface area (Å²) in [5, 5.41) is 11.2. The summed E-state index contributed by atoms with van der Waals surface area (Å²) in [7, 11) is 0. The van der Waals surface area contributed by atoms with Gasteiger partial charge < -0.3 is 9.84 Å². The minimum Gasteiger partial charge on any atom is -0.463 e. The van der Waals surface area contributed by atoms with E-state index in [1.807, 2.05) is 0 Å². The fourth-order valence-corrected chi connectivity index (χ4v) is 8.15. The van der Waals surface area contributed by atoms with Crippen LogP contribution in [0.2, 0.25) is 0 Å². The first-order valence-corrected chi connectivity index (χ1v) is 11.0. The van der Waals surface area contributed by atoms with Crippen LogP contribution in [-0.2, 0) is 14.3 Å². The van der Waals surface area contributed by atoms with Crippen LogP contribution >= 0.6 is 0 Å². The molecule has 0 aromatic rings. The van der Waals surface area contributed by atoms with Crippen molar-refractivity contribution in [2.45, 2.75) is 97.2 Å². The molecule has 0 spiro atoms. The Morgan fingerprint density at radius 2 is 1.63 bits per heavy atom. The highest BCUT2D eigenvalue weighted by atomic mass is 16.5.